The molecular formula is C12H16N4S. The first-order valence-corrected chi connectivity index (χ1v) is 6.74. The van der Waals surface area contributed by atoms with E-state index in [1.54, 1.807) is 11.3 Å². The average molecular weight is 248 g/mol. The van der Waals surface area contributed by atoms with Crippen LogP contribution in [0.4, 0.5) is 5.13 Å². The molecule has 1 saturated heterocycles. The van der Waals surface area contributed by atoms with Gasteiger partial charge in [-0.25, -0.2) is 4.98 Å². The topological polar surface area (TPSA) is 34.0 Å². The Morgan fingerprint density at radius 2 is 2.29 bits per heavy atom. The van der Waals surface area contributed by atoms with Gasteiger partial charge in [-0.1, -0.05) is 0 Å². The molecule has 0 saturated carbocycles. The third-order valence-corrected chi connectivity index (χ3v) is 4.48. The van der Waals surface area contributed by atoms with E-state index in [2.05, 4.69) is 33.5 Å². The van der Waals surface area contributed by atoms with Gasteiger partial charge in [0.1, 0.15) is 0 Å². The lowest BCUT2D eigenvalue weighted by Gasteiger charge is -2.14. The Morgan fingerprint density at radius 3 is 2.94 bits per heavy atom. The summed E-state index contributed by atoms with van der Waals surface area (Å²) in [4.78, 5) is 8.32. The fourth-order valence-electron chi connectivity index (χ4n) is 2.22. The monoisotopic (exact) mass is 248 g/mol. The van der Waals surface area contributed by atoms with E-state index < -0.39 is 0 Å². The van der Waals surface area contributed by atoms with Gasteiger partial charge >= 0.3 is 0 Å². The van der Waals surface area contributed by atoms with Gasteiger partial charge in [0.15, 0.2) is 5.13 Å². The Balaban J connectivity index is 1.76. The summed E-state index contributed by atoms with van der Waals surface area (Å²) in [6, 6.07) is 2.48. The minimum atomic E-state index is 0.495. The van der Waals surface area contributed by atoms with E-state index in [-0.39, 0.29) is 0 Å². The molecule has 0 amide bonds. The maximum atomic E-state index is 4.62. The zero-order chi connectivity index (χ0) is 11.8. The van der Waals surface area contributed by atoms with Gasteiger partial charge < -0.3 is 4.90 Å². The van der Waals surface area contributed by atoms with Crippen molar-refractivity contribution in [2.24, 2.45) is 0 Å². The molecule has 4 nitrogen and oxygen atoms in total. The van der Waals surface area contributed by atoms with Gasteiger partial charge in [-0.2, -0.15) is 5.10 Å². The van der Waals surface area contributed by atoms with E-state index >= 15 is 0 Å². The molecule has 0 radical (unpaired) electrons. The molecule has 2 aromatic rings. The van der Waals surface area contributed by atoms with Crippen molar-refractivity contribution in [1.82, 2.24) is 14.8 Å². The van der Waals surface area contributed by atoms with E-state index in [0.29, 0.717) is 6.04 Å². The first-order chi connectivity index (χ1) is 8.24. The van der Waals surface area contributed by atoms with Crippen LogP contribution in [0.25, 0.3) is 0 Å². The van der Waals surface area contributed by atoms with Crippen molar-refractivity contribution < 1.29 is 0 Å². The van der Waals surface area contributed by atoms with E-state index in [1.807, 2.05) is 18.5 Å². The molecule has 3 rings (SSSR count). The number of aryl methyl sites for hydroxylation is 2. The molecule has 0 spiro atoms. The molecule has 1 aliphatic rings. The number of thiazole rings is 1. The highest BCUT2D eigenvalue weighted by molar-refractivity contribution is 7.15. The quantitative estimate of drug-likeness (QED) is 0.818. The fraction of sp³-hybridized carbons (Fsp3) is 0.500. The summed E-state index contributed by atoms with van der Waals surface area (Å²) in [6.07, 6.45) is 5.05. The molecule has 1 fully saturated rings. The van der Waals surface area contributed by atoms with Crippen molar-refractivity contribution in [3.05, 3.63) is 29.0 Å². The van der Waals surface area contributed by atoms with Crippen molar-refractivity contribution >= 4 is 16.5 Å². The summed E-state index contributed by atoms with van der Waals surface area (Å²) in [5.41, 5.74) is 1.16. The summed E-state index contributed by atoms with van der Waals surface area (Å²) >= 11 is 1.80. The maximum absolute atomic E-state index is 4.62. The predicted octanol–water partition coefficient (Wildman–Crippen LogP) is 2.41. The highest BCUT2D eigenvalue weighted by Gasteiger charge is 2.26. The number of hydrogen-bond donors (Lipinski definition) is 0. The molecule has 1 unspecified atom stereocenters. The summed E-state index contributed by atoms with van der Waals surface area (Å²) in [5, 5.41) is 5.48. The van der Waals surface area contributed by atoms with Crippen LogP contribution in [0.5, 0.6) is 0 Å². The Bertz CT molecular complexity index is 483. The highest BCUT2D eigenvalue weighted by atomic mass is 32.1. The largest absolute Gasteiger partial charge is 0.346 e. The molecule has 90 valence electrons. The second kappa shape index (κ2) is 4.14. The summed E-state index contributed by atoms with van der Waals surface area (Å²) in [7, 11) is 0. The smallest absolute Gasteiger partial charge is 0.185 e. The standard InChI is InChI=1S/C12H16N4S/c1-9-10(2)17-12(14-9)15-7-4-11(8-15)16-6-3-5-13-16/h3,5-6,11H,4,7-8H2,1-2H3. The third kappa shape index (κ3) is 1.95. The SMILES string of the molecule is Cc1nc(N2CCC(n3cccn3)C2)sc1C. The lowest BCUT2D eigenvalue weighted by molar-refractivity contribution is 0.495. The molecule has 0 aliphatic carbocycles. The molecule has 17 heavy (non-hydrogen) atoms. The minimum absolute atomic E-state index is 0.495. The van der Waals surface area contributed by atoms with Crippen LogP contribution in [0.3, 0.4) is 0 Å². The normalized spacial score (nSPS) is 20.1. The van der Waals surface area contributed by atoms with Crippen LogP contribution >= 0.6 is 11.3 Å². The molecular weight excluding hydrogens is 232 g/mol. The zero-order valence-corrected chi connectivity index (χ0v) is 10.9. The average Bonchev–Trinajstić information content (AvgIpc) is 3.00. The van der Waals surface area contributed by atoms with Gasteiger partial charge in [0.2, 0.25) is 0 Å². The van der Waals surface area contributed by atoms with Crippen molar-refractivity contribution in [3.8, 4) is 0 Å². The van der Waals surface area contributed by atoms with Crippen LogP contribution in [-0.2, 0) is 0 Å². The van der Waals surface area contributed by atoms with Crippen LogP contribution in [0.2, 0.25) is 0 Å². The second-order valence-corrected chi connectivity index (χ2v) is 5.69. The van der Waals surface area contributed by atoms with Gasteiger partial charge in [0.05, 0.1) is 11.7 Å². The van der Waals surface area contributed by atoms with Crippen LogP contribution in [0.1, 0.15) is 23.0 Å². The van der Waals surface area contributed by atoms with Crippen LogP contribution in [0.15, 0.2) is 18.5 Å². The van der Waals surface area contributed by atoms with Crippen LogP contribution in [-0.4, -0.2) is 27.9 Å². The highest BCUT2D eigenvalue weighted by Crippen LogP contribution is 2.31. The van der Waals surface area contributed by atoms with E-state index in [0.717, 1.165) is 30.3 Å². The molecule has 2 aromatic heterocycles. The fourth-order valence-corrected chi connectivity index (χ4v) is 3.16. The first kappa shape index (κ1) is 10.8. The zero-order valence-electron chi connectivity index (χ0n) is 10.1. The number of hydrogen-bond acceptors (Lipinski definition) is 4. The van der Waals surface area contributed by atoms with Gasteiger partial charge in [-0.15, -0.1) is 11.3 Å². The van der Waals surface area contributed by atoms with Crippen LogP contribution in [0, 0.1) is 13.8 Å². The van der Waals surface area contributed by atoms with Crippen LogP contribution < -0.4 is 4.90 Å². The Labute approximate surface area is 105 Å². The lowest BCUT2D eigenvalue weighted by atomic mass is 10.3. The number of nitrogens with zero attached hydrogens (tertiary/aromatic N) is 4. The molecule has 0 aromatic carbocycles. The van der Waals surface area contributed by atoms with E-state index in [4.69, 9.17) is 0 Å². The van der Waals surface area contributed by atoms with Crippen molar-refractivity contribution in [3.63, 3.8) is 0 Å². The number of anilines is 1. The van der Waals surface area contributed by atoms with Crippen molar-refractivity contribution in [2.45, 2.75) is 26.3 Å². The Hall–Kier alpha value is -1.36. The number of rotatable bonds is 2. The van der Waals surface area contributed by atoms with E-state index in [9.17, 15) is 0 Å². The van der Waals surface area contributed by atoms with Crippen molar-refractivity contribution in [1.29, 1.82) is 0 Å². The molecule has 0 N–H and O–H groups in total. The summed E-state index contributed by atoms with van der Waals surface area (Å²) in [5.74, 6) is 0. The Kier molecular flexibility index (Phi) is 2.63. The minimum Gasteiger partial charge on any atom is -0.346 e. The molecule has 3 heterocycles. The van der Waals surface area contributed by atoms with Gasteiger partial charge in [0.25, 0.3) is 0 Å². The molecule has 5 heteroatoms. The Morgan fingerprint density at radius 1 is 1.41 bits per heavy atom. The molecule has 0 bridgehead atoms. The summed E-state index contributed by atoms with van der Waals surface area (Å²) in [6.45, 7) is 6.32. The van der Waals surface area contributed by atoms with Gasteiger partial charge in [0, 0.05) is 30.4 Å². The maximum Gasteiger partial charge on any atom is 0.185 e. The second-order valence-electron chi connectivity index (χ2n) is 4.51. The van der Waals surface area contributed by atoms with Crippen molar-refractivity contribution in [2.75, 3.05) is 18.0 Å². The molecule has 1 atom stereocenters. The molecule has 1 aliphatic heterocycles. The predicted molar refractivity (Wildman–Crippen MR) is 69.7 cm³/mol. The van der Waals surface area contributed by atoms with Gasteiger partial charge in [-0.05, 0) is 26.3 Å². The first-order valence-electron chi connectivity index (χ1n) is 5.92. The van der Waals surface area contributed by atoms with Gasteiger partial charge in [-0.3, -0.25) is 4.68 Å². The summed E-state index contributed by atoms with van der Waals surface area (Å²) < 4.78 is 2.06. The lowest BCUT2D eigenvalue weighted by Crippen LogP contribution is -2.20. The van der Waals surface area contributed by atoms with E-state index in [1.165, 1.54) is 4.88 Å². The third-order valence-electron chi connectivity index (χ3n) is 3.35. The number of aromatic nitrogens is 3.